The Balaban J connectivity index is 1.01. The number of nitrogens with one attached hydrogen (secondary N) is 3. The van der Waals surface area contributed by atoms with Crippen molar-refractivity contribution in [3.8, 4) is 11.5 Å². The molecule has 10 nitrogen and oxygen atoms in total. The molecule has 10 heteroatoms. The van der Waals surface area contributed by atoms with Gasteiger partial charge in [-0.3, -0.25) is 5.10 Å². The second-order valence-corrected chi connectivity index (χ2v) is 9.51. The van der Waals surface area contributed by atoms with Gasteiger partial charge in [-0.05, 0) is 55.5 Å². The van der Waals surface area contributed by atoms with E-state index in [1.807, 2.05) is 31.2 Å². The van der Waals surface area contributed by atoms with Crippen molar-refractivity contribution in [3.05, 3.63) is 66.1 Å². The Labute approximate surface area is 214 Å². The number of carbonyl (C=O) groups excluding carboxylic acids is 1. The number of benzene rings is 2. The van der Waals surface area contributed by atoms with Crippen molar-refractivity contribution in [2.75, 3.05) is 24.8 Å². The minimum Gasteiger partial charge on any atom is -0.454 e. The van der Waals surface area contributed by atoms with Crippen LogP contribution in [0.15, 0.2) is 55.0 Å². The van der Waals surface area contributed by atoms with Crippen LogP contribution in [0.1, 0.15) is 36.8 Å². The predicted octanol–water partition coefficient (Wildman–Crippen LogP) is 4.03. The van der Waals surface area contributed by atoms with Gasteiger partial charge < -0.3 is 25.0 Å². The van der Waals surface area contributed by atoms with Gasteiger partial charge in [0.05, 0.1) is 11.6 Å². The van der Waals surface area contributed by atoms with Crippen molar-refractivity contribution in [1.82, 2.24) is 30.8 Å². The SMILES string of the molecule is CC(CCc1ccc2c(c1)OCO2)NC(=O)NCCC1CN(c2ncnc3[nH]ncc23)c2ccccc21. The third-order valence-electron chi connectivity index (χ3n) is 7.01. The molecule has 0 radical (unpaired) electrons. The van der Waals surface area contributed by atoms with Gasteiger partial charge in [-0.25, -0.2) is 14.8 Å². The van der Waals surface area contributed by atoms with Crippen molar-refractivity contribution in [1.29, 1.82) is 0 Å². The zero-order valence-electron chi connectivity index (χ0n) is 20.6. The molecule has 6 rings (SSSR count). The highest BCUT2D eigenvalue weighted by atomic mass is 16.7. The fourth-order valence-electron chi connectivity index (χ4n) is 5.10. The molecule has 0 bridgehead atoms. The van der Waals surface area contributed by atoms with Crippen molar-refractivity contribution in [3.63, 3.8) is 0 Å². The minimum absolute atomic E-state index is 0.0447. The van der Waals surface area contributed by atoms with Crippen LogP contribution >= 0.6 is 0 Å². The van der Waals surface area contributed by atoms with E-state index in [1.165, 1.54) is 11.1 Å². The second-order valence-electron chi connectivity index (χ2n) is 9.51. The Morgan fingerprint density at radius 3 is 3.03 bits per heavy atom. The highest BCUT2D eigenvalue weighted by Crippen LogP contribution is 2.42. The number of nitrogens with zero attached hydrogens (tertiary/aromatic N) is 4. The molecule has 0 saturated carbocycles. The summed E-state index contributed by atoms with van der Waals surface area (Å²) in [6.45, 7) is 3.66. The number of amides is 2. The maximum absolute atomic E-state index is 12.5. The second kappa shape index (κ2) is 9.96. The van der Waals surface area contributed by atoms with Crippen LogP contribution in [0.25, 0.3) is 11.0 Å². The first kappa shape index (κ1) is 23.1. The lowest BCUT2D eigenvalue weighted by atomic mass is 9.98. The molecule has 2 amide bonds. The van der Waals surface area contributed by atoms with Crippen LogP contribution < -0.4 is 25.0 Å². The first-order chi connectivity index (χ1) is 18.2. The number of aromatic nitrogens is 4. The van der Waals surface area contributed by atoms with E-state index in [2.05, 4.69) is 53.9 Å². The molecule has 4 aromatic rings. The Morgan fingerprint density at radius 2 is 2.08 bits per heavy atom. The molecule has 37 heavy (non-hydrogen) atoms. The Hall–Kier alpha value is -4.34. The number of carbonyl (C=O) groups is 1. The molecule has 3 N–H and O–H groups in total. The lowest BCUT2D eigenvalue weighted by Gasteiger charge is -2.19. The summed E-state index contributed by atoms with van der Waals surface area (Å²) in [5, 5.41) is 14.0. The van der Waals surface area contributed by atoms with Crippen LogP contribution in [0.5, 0.6) is 11.5 Å². The van der Waals surface area contributed by atoms with Gasteiger partial charge >= 0.3 is 6.03 Å². The largest absolute Gasteiger partial charge is 0.454 e. The number of para-hydroxylation sites is 1. The van der Waals surface area contributed by atoms with Crippen LogP contribution in [0.3, 0.4) is 0 Å². The molecule has 4 heterocycles. The van der Waals surface area contributed by atoms with Crippen molar-refractivity contribution >= 4 is 28.6 Å². The van der Waals surface area contributed by atoms with Gasteiger partial charge in [0.15, 0.2) is 17.1 Å². The molecule has 0 saturated heterocycles. The van der Waals surface area contributed by atoms with Gasteiger partial charge in [0, 0.05) is 30.7 Å². The van der Waals surface area contributed by atoms with E-state index in [9.17, 15) is 4.79 Å². The molecule has 190 valence electrons. The number of fused-ring (bicyclic) bond motifs is 3. The molecule has 0 spiro atoms. The van der Waals surface area contributed by atoms with Gasteiger partial charge in [-0.15, -0.1) is 0 Å². The van der Waals surface area contributed by atoms with Crippen LogP contribution in [-0.4, -0.2) is 52.1 Å². The molecule has 2 aliphatic heterocycles. The van der Waals surface area contributed by atoms with E-state index in [4.69, 9.17) is 9.47 Å². The monoisotopic (exact) mass is 499 g/mol. The summed E-state index contributed by atoms with van der Waals surface area (Å²) in [6, 6.07) is 14.3. The van der Waals surface area contributed by atoms with E-state index in [0.29, 0.717) is 6.54 Å². The van der Waals surface area contributed by atoms with Crippen LogP contribution in [-0.2, 0) is 6.42 Å². The Morgan fingerprint density at radius 1 is 1.19 bits per heavy atom. The summed E-state index contributed by atoms with van der Waals surface area (Å²) in [5.74, 6) is 2.69. The number of ether oxygens (including phenoxy) is 2. The van der Waals surface area contributed by atoms with Crippen LogP contribution in [0.4, 0.5) is 16.3 Å². The molecule has 2 atom stereocenters. The zero-order chi connectivity index (χ0) is 25.2. The number of anilines is 2. The zero-order valence-corrected chi connectivity index (χ0v) is 20.6. The van der Waals surface area contributed by atoms with Gasteiger partial charge in [-0.1, -0.05) is 24.3 Å². The summed E-state index contributed by atoms with van der Waals surface area (Å²) < 4.78 is 10.8. The number of rotatable bonds is 8. The molecule has 2 aromatic carbocycles. The maximum Gasteiger partial charge on any atom is 0.314 e. The first-order valence-electron chi connectivity index (χ1n) is 12.6. The number of hydrogen-bond donors (Lipinski definition) is 3. The summed E-state index contributed by atoms with van der Waals surface area (Å²) in [4.78, 5) is 23.6. The number of H-pyrrole nitrogens is 1. The average Bonchev–Trinajstić information content (AvgIpc) is 3.66. The molecule has 2 unspecified atom stereocenters. The van der Waals surface area contributed by atoms with E-state index < -0.39 is 0 Å². The summed E-state index contributed by atoms with van der Waals surface area (Å²) in [5.41, 5.74) is 4.28. The van der Waals surface area contributed by atoms with Gasteiger partial charge in [0.25, 0.3) is 0 Å². The van der Waals surface area contributed by atoms with E-state index in [0.717, 1.165) is 59.8 Å². The lowest BCUT2D eigenvalue weighted by Crippen LogP contribution is -2.41. The third kappa shape index (κ3) is 4.74. The molecular formula is C27H29N7O3. The van der Waals surface area contributed by atoms with Crippen LogP contribution in [0, 0.1) is 0 Å². The lowest BCUT2D eigenvalue weighted by molar-refractivity contribution is 0.174. The number of aromatic amines is 1. The highest BCUT2D eigenvalue weighted by molar-refractivity contribution is 5.90. The third-order valence-corrected chi connectivity index (χ3v) is 7.01. The van der Waals surface area contributed by atoms with Crippen molar-refractivity contribution in [2.45, 2.75) is 38.1 Å². The van der Waals surface area contributed by atoms with E-state index in [1.54, 1.807) is 12.5 Å². The predicted molar refractivity (Wildman–Crippen MR) is 139 cm³/mol. The van der Waals surface area contributed by atoms with Crippen molar-refractivity contribution in [2.24, 2.45) is 0 Å². The fourth-order valence-corrected chi connectivity index (χ4v) is 5.10. The molecule has 0 fully saturated rings. The smallest absolute Gasteiger partial charge is 0.314 e. The molecular weight excluding hydrogens is 470 g/mol. The molecule has 2 aliphatic rings. The number of aryl methyl sites for hydroxylation is 1. The topological polar surface area (TPSA) is 117 Å². The fraction of sp³-hybridized carbons (Fsp3) is 0.333. The number of urea groups is 1. The minimum atomic E-state index is -0.141. The first-order valence-corrected chi connectivity index (χ1v) is 12.6. The quantitative estimate of drug-likeness (QED) is 0.335. The average molecular weight is 500 g/mol. The highest BCUT2D eigenvalue weighted by Gasteiger charge is 2.31. The standard InChI is InChI=1S/C27H29N7O3/c1-17(6-7-18-8-9-23-24(12-18)37-16-36-23)32-27(35)28-11-10-19-14-34(22-5-3-2-4-20(19)22)26-21-13-31-33-25(21)29-15-30-26/h2-5,8-9,12-13,15,17,19H,6-7,10-11,14,16H2,1H3,(H2,28,32,35)(H,29,30,31,33). The Bertz CT molecular complexity index is 1420. The maximum atomic E-state index is 12.5. The Kier molecular flexibility index (Phi) is 6.21. The summed E-state index contributed by atoms with van der Waals surface area (Å²) >= 11 is 0. The van der Waals surface area contributed by atoms with Crippen molar-refractivity contribution < 1.29 is 14.3 Å². The van der Waals surface area contributed by atoms with E-state index in [-0.39, 0.29) is 24.8 Å². The number of hydrogen-bond acceptors (Lipinski definition) is 7. The molecule has 0 aliphatic carbocycles. The molecule has 2 aromatic heterocycles. The van der Waals surface area contributed by atoms with Gasteiger partial charge in [0.2, 0.25) is 6.79 Å². The van der Waals surface area contributed by atoms with E-state index >= 15 is 0 Å². The van der Waals surface area contributed by atoms with Gasteiger partial charge in [0.1, 0.15) is 12.1 Å². The van der Waals surface area contributed by atoms with Crippen LogP contribution in [0.2, 0.25) is 0 Å². The summed E-state index contributed by atoms with van der Waals surface area (Å²) in [6.07, 6.45) is 5.83. The summed E-state index contributed by atoms with van der Waals surface area (Å²) in [7, 11) is 0. The normalized spacial score (nSPS) is 16.6. The van der Waals surface area contributed by atoms with Gasteiger partial charge in [-0.2, -0.15) is 5.10 Å².